The molecule has 0 aliphatic heterocycles. The van der Waals surface area contributed by atoms with Gasteiger partial charge in [0.1, 0.15) is 0 Å². The summed E-state index contributed by atoms with van der Waals surface area (Å²) in [5.74, 6) is 0. The maximum absolute atomic E-state index is 4.12. The smallest absolute Gasteiger partial charge is 0.0859 e. The van der Waals surface area contributed by atoms with Crippen LogP contribution in [-0.4, -0.2) is 15.0 Å². The van der Waals surface area contributed by atoms with Crippen molar-refractivity contribution in [3.05, 3.63) is 41.7 Å². The average molecular weight is 185 g/mol. The van der Waals surface area contributed by atoms with Crippen LogP contribution in [0.3, 0.4) is 0 Å². The summed E-state index contributed by atoms with van der Waals surface area (Å²) < 4.78 is 0. The molecule has 0 saturated heterocycles. The molecule has 1 heterocycles. The van der Waals surface area contributed by atoms with E-state index in [1.807, 2.05) is 0 Å². The average Bonchev–Trinajstić information content (AvgIpc) is 2.88. The van der Waals surface area contributed by atoms with E-state index in [0.717, 1.165) is 5.69 Å². The monoisotopic (exact) mass is 185 g/mol. The van der Waals surface area contributed by atoms with E-state index in [-0.39, 0.29) is 0 Å². The minimum Gasteiger partial charge on any atom is -0.157 e. The fraction of sp³-hybridized carbons (Fsp3) is 0.273. The first kappa shape index (κ1) is 7.74. The quantitative estimate of drug-likeness (QED) is 0.677. The number of hydrogen-bond donors (Lipinski definition) is 0. The van der Waals surface area contributed by atoms with Crippen molar-refractivity contribution < 1.29 is 0 Å². The van der Waals surface area contributed by atoms with Crippen LogP contribution in [0.4, 0.5) is 0 Å². The molecule has 70 valence electrons. The van der Waals surface area contributed by atoms with Crippen LogP contribution in [0.15, 0.2) is 30.6 Å². The van der Waals surface area contributed by atoms with Gasteiger partial charge in [-0.05, 0) is 42.5 Å². The molecule has 1 aliphatic carbocycles. The van der Waals surface area contributed by atoms with Gasteiger partial charge in [-0.2, -0.15) is 15.0 Å². The Morgan fingerprint density at radius 3 is 2.64 bits per heavy atom. The van der Waals surface area contributed by atoms with Crippen molar-refractivity contribution >= 4 is 0 Å². The zero-order chi connectivity index (χ0) is 9.38. The van der Waals surface area contributed by atoms with Gasteiger partial charge in [-0.15, -0.1) is 0 Å². The Bertz CT molecular complexity index is 446. The van der Waals surface area contributed by atoms with Gasteiger partial charge in [0.05, 0.1) is 18.1 Å². The molecule has 3 nitrogen and oxygen atoms in total. The lowest BCUT2D eigenvalue weighted by Crippen LogP contribution is -1.99. The first-order chi connectivity index (χ1) is 6.93. The number of hydrogen-bond acceptors (Lipinski definition) is 2. The van der Waals surface area contributed by atoms with E-state index in [1.165, 1.54) is 30.4 Å². The van der Waals surface area contributed by atoms with Crippen LogP contribution >= 0.6 is 0 Å². The molecule has 0 atom stereocenters. The topological polar surface area (TPSA) is 30.7 Å². The summed E-state index contributed by atoms with van der Waals surface area (Å²) in [4.78, 5) is 1.67. The van der Waals surface area contributed by atoms with Gasteiger partial charge in [0.2, 0.25) is 0 Å². The van der Waals surface area contributed by atoms with E-state index in [9.17, 15) is 0 Å². The molecule has 1 aliphatic rings. The van der Waals surface area contributed by atoms with Gasteiger partial charge in [0.15, 0.2) is 0 Å². The zero-order valence-corrected chi connectivity index (χ0v) is 7.85. The van der Waals surface area contributed by atoms with Crippen LogP contribution in [0.25, 0.3) is 5.69 Å². The molecule has 2 aromatic rings. The lowest BCUT2D eigenvalue weighted by atomic mass is 10.1. The van der Waals surface area contributed by atoms with Crippen molar-refractivity contribution in [3.8, 4) is 5.69 Å². The molecule has 0 unspecified atom stereocenters. The van der Waals surface area contributed by atoms with Gasteiger partial charge in [0, 0.05) is 0 Å². The summed E-state index contributed by atoms with van der Waals surface area (Å²) in [5, 5.41) is 8.24. The van der Waals surface area contributed by atoms with Crippen LogP contribution in [-0.2, 0) is 12.8 Å². The predicted molar refractivity (Wildman–Crippen MR) is 53.4 cm³/mol. The number of aromatic nitrogens is 3. The summed E-state index contributed by atoms with van der Waals surface area (Å²) in [5.41, 5.74) is 4.01. The molecular weight excluding hydrogens is 174 g/mol. The molecule has 3 heteroatoms. The van der Waals surface area contributed by atoms with Crippen LogP contribution in [0, 0.1) is 0 Å². The molecule has 0 spiro atoms. The molecule has 0 fully saturated rings. The van der Waals surface area contributed by atoms with Crippen LogP contribution in [0.5, 0.6) is 0 Å². The van der Waals surface area contributed by atoms with Gasteiger partial charge < -0.3 is 0 Å². The molecular formula is C11H11N3. The Balaban J connectivity index is 2.09. The van der Waals surface area contributed by atoms with Crippen molar-refractivity contribution in [2.45, 2.75) is 19.3 Å². The second-order valence-corrected chi connectivity index (χ2v) is 3.63. The van der Waals surface area contributed by atoms with Crippen LogP contribution in [0.1, 0.15) is 17.5 Å². The molecule has 1 aromatic carbocycles. The van der Waals surface area contributed by atoms with Crippen molar-refractivity contribution in [3.63, 3.8) is 0 Å². The number of aryl methyl sites for hydroxylation is 2. The zero-order valence-electron chi connectivity index (χ0n) is 7.85. The Morgan fingerprint density at radius 1 is 1.00 bits per heavy atom. The third-order valence-corrected chi connectivity index (χ3v) is 2.73. The fourth-order valence-electron chi connectivity index (χ4n) is 2.03. The molecule has 0 saturated carbocycles. The summed E-state index contributed by atoms with van der Waals surface area (Å²) >= 11 is 0. The van der Waals surface area contributed by atoms with Gasteiger partial charge >= 0.3 is 0 Å². The van der Waals surface area contributed by atoms with E-state index in [4.69, 9.17) is 0 Å². The van der Waals surface area contributed by atoms with Crippen molar-refractivity contribution in [2.75, 3.05) is 0 Å². The Kier molecular flexibility index (Phi) is 1.63. The molecule has 0 N–H and O–H groups in total. The molecule has 0 radical (unpaired) electrons. The second-order valence-electron chi connectivity index (χ2n) is 3.63. The Hall–Kier alpha value is -1.64. The summed E-state index contributed by atoms with van der Waals surface area (Å²) in [6.07, 6.45) is 7.11. The Labute approximate surface area is 82.4 Å². The Morgan fingerprint density at radius 2 is 1.79 bits per heavy atom. The number of fused-ring (bicyclic) bond motifs is 1. The van der Waals surface area contributed by atoms with Gasteiger partial charge in [-0.1, -0.05) is 6.07 Å². The van der Waals surface area contributed by atoms with E-state index < -0.39 is 0 Å². The number of benzene rings is 1. The van der Waals surface area contributed by atoms with E-state index in [0.29, 0.717) is 0 Å². The maximum atomic E-state index is 4.12. The third-order valence-electron chi connectivity index (χ3n) is 2.73. The highest BCUT2D eigenvalue weighted by atomic mass is 15.5. The van der Waals surface area contributed by atoms with Crippen molar-refractivity contribution in [1.82, 2.24) is 15.0 Å². The number of rotatable bonds is 1. The summed E-state index contributed by atoms with van der Waals surface area (Å²) in [6.45, 7) is 0. The molecule has 3 rings (SSSR count). The van der Waals surface area contributed by atoms with Gasteiger partial charge in [-0.25, -0.2) is 0 Å². The highest BCUT2D eigenvalue weighted by Gasteiger charge is 2.11. The largest absolute Gasteiger partial charge is 0.157 e. The minimum absolute atomic E-state index is 1.07. The van der Waals surface area contributed by atoms with Gasteiger partial charge in [-0.3, -0.25) is 0 Å². The third kappa shape index (κ3) is 1.13. The SMILES string of the molecule is c1cnn(-c2ccc3c(c2)CCC3)n1. The van der Waals surface area contributed by atoms with Crippen molar-refractivity contribution in [2.24, 2.45) is 0 Å². The second kappa shape index (κ2) is 2.94. The number of nitrogens with zero attached hydrogens (tertiary/aromatic N) is 3. The first-order valence-corrected chi connectivity index (χ1v) is 4.92. The normalized spacial score (nSPS) is 14.3. The van der Waals surface area contributed by atoms with E-state index in [2.05, 4.69) is 28.4 Å². The standard InChI is InChI=1S/C11H11N3/c1-2-9-4-5-11(8-10(9)3-1)14-12-6-7-13-14/h4-8H,1-3H2. The van der Waals surface area contributed by atoms with E-state index in [1.54, 1.807) is 17.2 Å². The minimum atomic E-state index is 1.07. The highest BCUT2D eigenvalue weighted by molar-refractivity contribution is 5.41. The lowest BCUT2D eigenvalue weighted by Gasteiger charge is -2.02. The molecule has 1 aromatic heterocycles. The summed E-state index contributed by atoms with van der Waals surface area (Å²) in [7, 11) is 0. The van der Waals surface area contributed by atoms with Crippen molar-refractivity contribution in [1.29, 1.82) is 0 Å². The first-order valence-electron chi connectivity index (χ1n) is 4.92. The molecule has 0 amide bonds. The highest BCUT2D eigenvalue weighted by Crippen LogP contribution is 2.23. The maximum Gasteiger partial charge on any atom is 0.0859 e. The predicted octanol–water partition coefficient (Wildman–Crippen LogP) is 1.76. The summed E-state index contributed by atoms with van der Waals surface area (Å²) in [6, 6.07) is 6.48. The van der Waals surface area contributed by atoms with Crippen LogP contribution < -0.4 is 0 Å². The molecule has 0 bridgehead atoms. The van der Waals surface area contributed by atoms with Crippen LogP contribution in [0.2, 0.25) is 0 Å². The lowest BCUT2D eigenvalue weighted by molar-refractivity contribution is 0.750. The fourth-order valence-corrected chi connectivity index (χ4v) is 2.03. The van der Waals surface area contributed by atoms with E-state index >= 15 is 0 Å². The molecule has 14 heavy (non-hydrogen) atoms. The van der Waals surface area contributed by atoms with Gasteiger partial charge in [0.25, 0.3) is 0 Å².